The molecule has 0 atom stereocenters. The van der Waals surface area contributed by atoms with Gasteiger partial charge in [0.15, 0.2) is 0 Å². The number of benzene rings is 2. The van der Waals surface area contributed by atoms with E-state index in [0.717, 1.165) is 11.1 Å². The molecule has 0 saturated carbocycles. The first-order valence-electron chi connectivity index (χ1n) is 5.81. The summed E-state index contributed by atoms with van der Waals surface area (Å²) >= 11 is 5.97. The lowest BCUT2D eigenvalue weighted by molar-refractivity contribution is 0.102. The van der Waals surface area contributed by atoms with E-state index in [1.54, 1.807) is 38.1 Å². The molecule has 2 aromatic rings. The third-order valence-corrected chi connectivity index (χ3v) is 3.29. The van der Waals surface area contributed by atoms with Crippen molar-refractivity contribution < 1.29 is 9.18 Å². The van der Waals surface area contributed by atoms with E-state index in [4.69, 9.17) is 11.6 Å². The second-order valence-corrected chi connectivity index (χ2v) is 4.76. The van der Waals surface area contributed by atoms with Crippen LogP contribution in [0.15, 0.2) is 36.4 Å². The quantitative estimate of drug-likeness (QED) is 0.869. The lowest BCUT2D eigenvalue weighted by atomic mass is 10.1. The van der Waals surface area contributed by atoms with E-state index in [1.165, 1.54) is 12.1 Å². The molecule has 0 aliphatic carbocycles. The van der Waals surface area contributed by atoms with E-state index in [-0.39, 0.29) is 5.56 Å². The van der Waals surface area contributed by atoms with Gasteiger partial charge in [-0.05, 0) is 49.2 Å². The Balaban J connectivity index is 2.28. The molecule has 0 radical (unpaired) electrons. The minimum atomic E-state index is -0.530. The van der Waals surface area contributed by atoms with Crippen LogP contribution in [0.2, 0.25) is 5.02 Å². The maximum atomic E-state index is 13.7. The van der Waals surface area contributed by atoms with Crippen molar-refractivity contribution in [1.82, 2.24) is 0 Å². The number of hydrogen-bond donors (Lipinski definition) is 1. The minimum Gasteiger partial charge on any atom is -0.322 e. The SMILES string of the molecule is Cc1ccc(C(=O)Nc2cccc(Cl)c2C)c(F)c1. The zero-order valence-corrected chi connectivity index (χ0v) is 11.4. The van der Waals surface area contributed by atoms with Crippen LogP contribution >= 0.6 is 11.6 Å². The van der Waals surface area contributed by atoms with Crippen molar-refractivity contribution in [2.24, 2.45) is 0 Å². The number of anilines is 1. The highest BCUT2D eigenvalue weighted by Crippen LogP contribution is 2.23. The average Bonchev–Trinajstić information content (AvgIpc) is 2.34. The fraction of sp³-hybridized carbons (Fsp3) is 0.133. The van der Waals surface area contributed by atoms with E-state index >= 15 is 0 Å². The highest BCUT2D eigenvalue weighted by Gasteiger charge is 2.13. The summed E-state index contributed by atoms with van der Waals surface area (Å²) in [6.45, 7) is 3.56. The molecule has 0 aliphatic rings. The molecule has 2 rings (SSSR count). The molecule has 0 bridgehead atoms. The highest BCUT2D eigenvalue weighted by molar-refractivity contribution is 6.31. The predicted molar refractivity (Wildman–Crippen MR) is 75.3 cm³/mol. The van der Waals surface area contributed by atoms with Crippen molar-refractivity contribution in [1.29, 1.82) is 0 Å². The smallest absolute Gasteiger partial charge is 0.258 e. The Labute approximate surface area is 116 Å². The summed E-state index contributed by atoms with van der Waals surface area (Å²) in [6.07, 6.45) is 0. The van der Waals surface area contributed by atoms with Crippen molar-refractivity contribution in [2.45, 2.75) is 13.8 Å². The van der Waals surface area contributed by atoms with Crippen LogP contribution in [0.1, 0.15) is 21.5 Å². The van der Waals surface area contributed by atoms with Gasteiger partial charge in [0.1, 0.15) is 5.82 Å². The van der Waals surface area contributed by atoms with Crippen molar-refractivity contribution in [3.8, 4) is 0 Å². The lowest BCUT2D eigenvalue weighted by Gasteiger charge is -2.10. The molecule has 2 aromatic carbocycles. The van der Waals surface area contributed by atoms with Gasteiger partial charge < -0.3 is 5.32 Å². The molecule has 4 heteroatoms. The fourth-order valence-corrected chi connectivity index (χ4v) is 1.91. The van der Waals surface area contributed by atoms with Crippen LogP contribution in [0.4, 0.5) is 10.1 Å². The third kappa shape index (κ3) is 2.93. The van der Waals surface area contributed by atoms with E-state index in [2.05, 4.69) is 5.32 Å². The summed E-state index contributed by atoms with van der Waals surface area (Å²) in [6, 6.07) is 9.70. The Bertz CT molecular complexity index is 640. The molecular formula is C15H13ClFNO. The summed E-state index contributed by atoms with van der Waals surface area (Å²) in [5.74, 6) is -1.01. The zero-order valence-electron chi connectivity index (χ0n) is 10.6. The van der Waals surface area contributed by atoms with Crippen LogP contribution in [-0.2, 0) is 0 Å². The van der Waals surface area contributed by atoms with Gasteiger partial charge in [-0.1, -0.05) is 23.7 Å². The van der Waals surface area contributed by atoms with Crippen LogP contribution in [0.5, 0.6) is 0 Å². The molecule has 0 unspecified atom stereocenters. The van der Waals surface area contributed by atoms with Crippen molar-refractivity contribution in [3.63, 3.8) is 0 Å². The van der Waals surface area contributed by atoms with Gasteiger partial charge in [0, 0.05) is 10.7 Å². The first-order valence-corrected chi connectivity index (χ1v) is 6.19. The van der Waals surface area contributed by atoms with E-state index < -0.39 is 11.7 Å². The molecule has 19 heavy (non-hydrogen) atoms. The number of hydrogen-bond acceptors (Lipinski definition) is 1. The summed E-state index contributed by atoms with van der Waals surface area (Å²) in [4.78, 5) is 12.0. The monoisotopic (exact) mass is 277 g/mol. The summed E-state index contributed by atoms with van der Waals surface area (Å²) in [5, 5.41) is 3.22. The largest absolute Gasteiger partial charge is 0.322 e. The van der Waals surface area contributed by atoms with E-state index in [9.17, 15) is 9.18 Å². The Kier molecular flexibility index (Phi) is 3.86. The van der Waals surface area contributed by atoms with Gasteiger partial charge in [-0.15, -0.1) is 0 Å². The van der Waals surface area contributed by atoms with Gasteiger partial charge in [0.2, 0.25) is 0 Å². The Morgan fingerprint density at radius 2 is 1.95 bits per heavy atom. The third-order valence-electron chi connectivity index (χ3n) is 2.89. The summed E-state index contributed by atoms with van der Waals surface area (Å²) < 4.78 is 13.7. The van der Waals surface area contributed by atoms with Gasteiger partial charge >= 0.3 is 0 Å². The molecule has 1 N–H and O–H groups in total. The van der Waals surface area contributed by atoms with Crippen molar-refractivity contribution in [2.75, 3.05) is 5.32 Å². The molecule has 0 spiro atoms. The van der Waals surface area contributed by atoms with Gasteiger partial charge in [0.05, 0.1) is 5.56 Å². The second-order valence-electron chi connectivity index (χ2n) is 4.35. The highest BCUT2D eigenvalue weighted by atomic mass is 35.5. The summed E-state index contributed by atoms with van der Waals surface area (Å²) in [5.41, 5.74) is 2.13. The number of rotatable bonds is 2. The van der Waals surface area contributed by atoms with Crippen LogP contribution < -0.4 is 5.32 Å². The molecule has 98 valence electrons. The van der Waals surface area contributed by atoms with Crippen LogP contribution in [0.3, 0.4) is 0 Å². The number of carbonyl (C=O) groups excluding carboxylic acids is 1. The first-order chi connectivity index (χ1) is 8.99. The predicted octanol–water partition coefficient (Wildman–Crippen LogP) is 4.35. The topological polar surface area (TPSA) is 29.1 Å². The first kappa shape index (κ1) is 13.6. The minimum absolute atomic E-state index is 0.0185. The van der Waals surface area contributed by atoms with Crippen molar-refractivity contribution >= 4 is 23.2 Å². The second kappa shape index (κ2) is 5.41. The number of amides is 1. The molecule has 0 saturated heterocycles. The van der Waals surface area contributed by atoms with Gasteiger partial charge in [-0.2, -0.15) is 0 Å². The van der Waals surface area contributed by atoms with Crippen LogP contribution in [-0.4, -0.2) is 5.91 Å². The lowest BCUT2D eigenvalue weighted by Crippen LogP contribution is -2.14. The fourth-order valence-electron chi connectivity index (χ4n) is 1.74. The van der Waals surface area contributed by atoms with Gasteiger partial charge in [0.25, 0.3) is 5.91 Å². The molecule has 1 amide bonds. The molecule has 0 heterocycles. The Morgan fingerprint density at radius 1 is 1.21 bits per heavy atom. The maximum Gasteiger partial charge on any atom is 0.258 e. The van der Waals surface area contributed by atoms with Crippen molar-refractivity contribution in [3.05, 3.63) is 63.9 Å². The standard InChI is InChI=1S/C15H13ClFNO/c1-9-6-7-11(13(17)8-9)15(19)18-14-5-3-4-12(16)10(14)2/h3-8H,1-2H3,(H,18,19). The average molecular weight is 278 g/mol. The molecule has 0 fully saturated rings. The Hall–Kier alpha value is -1.87. The number of nitrogens with one attached hydrogen (secondary N) is 1. The zero-order chi connectivity index (χ0) is 14.0. The normalized spacial score (nSPS) is 10.3. The number of aryl methyl sites for hydroxylation is 1. The maximum absolute atomic E-state index is 13.7. The van der Waals surface area contributed by atoms with E-state index in [1.807, 2.05) is 0 Å². The number of halogens is 2. The molecule has 0 aromatic heterocycles. The molecular weight excluding hydrogens is 265 g/mol. The molecule has 2 nitrogen and oxygen atoms in total. The van der Waals surface area contributed by atoms with E-state index in [0.29, 0.717) is 10.7 Å². The van der Waals surface area contributed by atoms with Crippen LogP contribution in [0.25, 0.3) is 0 Å². The van der Waals surface area contributed by atoms with Crippen LogP contribution in [0, 0.1) is 19.7 Å². The number of carbonyl (C=O) groups is 1. The van der Waals surface area contributed by atoms with Gasteiger partial charge in [-0.3, -0.25) is 4.79 Å². The Morgan fingerprint density at radius 3 is 2.63 bits per heavy atom. The van der Waals surface area contributed by atoms with Gasteiger partial charge in [-0.25, -0.2) is 4.39 Å². The molecule has 0 aliphatic heterocycles. The summed E-state index contributed by atoms with van der Waals surface area (Å²) in [7, 11) is 0.